The Kier molecular flexibility index (Phi) is 4.76. The number of nitrogens with zero attached hydrogens (tertiary/aromatic N) is 3. The van der Waals surface area contributed by atoms with E-state index in [4.69, 9.17) is 0 Å². The normalized spacial score (nSPS) is 23.1. The largest absolute Gasteiger partial charge is 0.344 e. The van der Waals surface area contributed by atoms with Gasteiger partial charge in [-0.2, -0.15) is 4.31 Å². The third kappa shape index (κ3) is 3.62. The number of piperidine rings is 2. The molecule has 0 atom stereocenters. The summed E-state index contributed by atoms with van der Waals surface area (Å²) in [4.78, 5) is 2.38. The molecular formula is C19H25F2N3O2S. The van der Waals surface area contributed by atoms with Crippen LogP contribution in [0.2, 0.25) is 0 Å². The SMILES string of the molecule is CN1CCC(n2ccc3ccc(S(=O)(=O)N4CCCC(F)(F)C4)cc32)CC1. The van der Waals surface area contributed by atoms with Crippen molar-refractivity contribution in [2.45, 2.75) is 42.5 Å². The number of rotatable bonds is 3. The van der Waals surface area contributed by atoms with Gasteiger partial charge in [-0.3, -0.25) is 0 Å². The lowest BCUT2D eigenvalue weighted by atomic mass is 10.1. The highest BCUT2D eigenvalue weighted by atomic mass is 32.2. The minimum atomic E-state index is -3.93. The average Bonchev–Trinajstić information content (AvgIpc) is 3.05. The van der Waals surface area contributed by atoms with Crippen LogP contribution in [-0.2, 0) is 10.0 Å². The van der Waals surface area contributed by atoms with E-state index < -0.39 is 22.5 Å². The average molecular weight is 397 g/mol. The van der Waals surface area contributed by atoms with Crippen LogP contribution in [0.3, 0.4) is 0 Å². The first-order chi connectivity index (χ1) is 12.8. The number of halogens is 2. The molecule has 1 aromatic carbocycles. The van der Waals surface area contributed by atoms with E-state index in [1.807, 2.05) is 12.3 Å². The fourth-order valence-corrected chi connectivity index (χ4v) is 5.69. The van der Waals surface area contributed by atoms with E-state index in [2.05, 4.69) is 16.5 Å². The Bertz CT molecular complexity index is 934. The molecule has 4 rings (SSSR count). The molecule has 0 N–H and O–H groups in total. The third-order valence-corrected chi connectivity index (χ3v) is 7.61. The first-order valence-electron chi connectivity index (χ1n) is 9.43. The van der Waals surface area contributed by atoms with Crippen LogP contribution in [0.4, 0.5) is 8.78 Å². The van der Waals surface area contributed by atoms with Crippen LogP contribution in [0, 0.1) is 0 Å². The summed E-state index contributed by atoms with van der Waals surface area (Å²) < 4.78 is 56.4. The van der Waals surface area contributed by atoms with E-state index in [9.17, 15) is 17.2 Å². The fourth-order valence-electron chi connectivity index (χ4n) is 4.17. The van der Waals surface area contributed by atoms with Crippen molar-refractivity contribution < 1.29 is 17.2 Å². The van der Waals surface area contributed by atoms with Gasteiger partial charge in [-0.05, 0) is 63.0 Å². The zero-order valence-corrected chi connectivity index (χ0v) is 16.3. The van der Waals surface area contributed by atoms with Gasteiger partial charge in [0.15, 0.2) is 0 Å². The Morgan fingerprint density at radius 2 is 1.85 bits per heavy atom. The second-order valence-electron chi connectivity index (χ2n) is 7.78. The lowest BCUT2D eigenvalue weighted by Gasteiger charge is -2.32. The Balaban J connectivity index is 1.67. The smallest absolute Gasteiger partial charge is 0.261 e. The molecule has 0 spiro atoms. The van der Waals surface area contributed by atoms with Gasteiger partial charge in [-0.25, -0.2) is 17.2 Å². The highest BCUT2D eigenvalue weighted by Crippen LogP contribution is 2.33. The molecule has 2 aromatic rings. The van der Waals surface area contributed by atoms with Crippen molar-refractivity contribution in [2.24, 2.45) is 0 Å². The summed E-state index contributed by atoms with van der Waals surface area (Å²) in [6.45, 7) is 1.42. The van der Waals surface area contributed by atoms with E-state index in [0.29, 0.717) is 6.04 Å². The van der Waals surface area contributed by atoms with Crippen molar-refractivity contribution in [3.63, 3.8) is 0 Å². The number of hydrogen-bond donors (Lipinski definition) is 0. The zero-order valence-electron chi connectivity index (χ0n) is 15.4. The molecule has 2 fully saturated rings. The van der Waals surface area contributed by atoms with Crippen molar-refractivity contribution in [3.05, 3.63) is 30.5 Å². The molecule has 0 amide bonds. The van der Waals surface area contributed by atoms with Crippen molar-refractivity contribution >= 4 is 20.9 Å². The van der Waals surface area contributed by atoms with Gasteiger partial charge in [0.2, 0.25) is 10.0 Å². The molecule has 0 radical (unpaired) electrons. The quantitative estimate of drug-likeness (QED) is 0.798. The fraction of sp³-hybridized carbons (Fsp3) is 0.579. The molecule has 0 aliphatic carbocycles. The Morgan fingerprint density at radius 1 is 1.11 bits per heavy atom. The molecule has 0 saturated carbocycles. The molecule has 2 saturated heterocycles. The van der Waals surface area contributed by atoms with Gasteiger partial charge in [-0.1, -0.05) is 6.07 Å². The summed E-state index contributed by atoms with van der Waals surface area (Å²) in [6, 6.07) is 7.27. The van der Waals surface area contributed by atoms with Crippen LogP contribution in [0.15, 0.2) is 35.4 Å². The maximum Gasteiger partial charge on any atom is 0.261 e. The first-order valence-corrected chi connectivity index (χ1v) is 10.9. The molecule has 2 aliphatic heterocycles. The molecule has 0 unspecified atom stereocenters. The minimum absolute atomic E-state index is 0.0978. The molecule has 148 valence electrons. The molecule has 5 nitrogen and oxygen atoms in total. The lowest BCUT2D eigenvalue weighted by molar-refractivity contribution is -0.0434. The number of likely N-dealkylation sites (tertiary alicyclic amines) is 1. The van der Waals surface area contributed by atoms with Crippen LogP contribution < -0.4 is 0 Å². The molecule has 27 heavy (non-hydrogen) atoms. The lowest BCUT2D eigenvalue weighted by Crippen LogP contribution is -2.45. The zero-order chi connectivity index (χ0) is 19.2. The number of alkyl halides is 2. The van der Waals surface area contributed by atoms with Crippen molar-refractivity contribution in [2.75, 3.05) is 33.2 Å². The van der Waals surface area contributed by atoms with E-state index >= 15 is 0 Å². The van der Waals surface area contributed by atoms with E-state index in [1.165, 1.54) is 6.07 Å². The van der Waals surface area contributed by atoms with E-state index in [-0.39, 0.29) is 24.3 Å². The number of sulfonamides is 1. The van der Waals surface area contributed by atoms with Crippen LogP contribution in [0.5, 0.6) is 0 Å². The number of fused-ring (bicyclic) bond motifs is 1. The van der Waals surface area contributed by atoms with Crippen LogP contribution in [-0.4, -0.2) is 61.3 Å². The highest BCUT2D eigenvalue weighted by Gasteiger charge is 2.40. The molecule has 3 heterocycles. The van der Waals surface area contributed by atoms with Gasteiger partial charge >= 0.3 is 0 Å². The van der Waals surface area contributed by atoms with Gasteiger partial charge < -0.3 is 9.47 Å². The summed E-state index contributed by atoms with van der Waals surface area (Å²) in [5.41, 5.74) is 0.856. The third-order valence-electron chi connectivity index (χ3n) is 5.77. The molecule has 8 heteroatoms. The molecule has 0 bridgehead atoms. The second-order valence-corrected chi connectivity index (χ2v) is 9.71. The summed E-state index contributed by atoms with van der Waals surface area (Å²) in [7, 11) is -1.83. The number of hydrogen-bond acceptors (Lipinski definition) is 3. The van der Waals surface area contributed by atoms with Crippen LogP contribution >= 0.6 is 0 Å². The Morgan fingerprint density at radius 3 is 2.56 bits per heavy atom. The predicted molar refractivity (Wildman–Crippen MR) is 101 cm³/mol. The van der Waals surface area contributed by atoms with Crippen molar-refractivity contribution in [1.29, 1.82) is 0 Å². The van der Waals surface area contributed by atoms with Gasteiger partial charge in [0, 0.05) is 30.7 Å². The predicted octanol–water partition coefficient (Wildman–Crippen LogP) is 3.33. The molecular weight excluding hydrogens is 372 g/mol. The van der Waals surface area contributed by atoms with Gasteiger partial charge in [0.1, 0.15) is 0 Å². The number of benzene rings is 1. The maximum absolute atomic E-state index is 13.7. The maximum atomic E-state index is 13.7. The van der Waals surface area contributed by atoms with Crippen LogP contribution in [0.1, 0.15) is 31.7 Å². The Labute approximate surface area is 158 Å². The van der Waals surface area contributed by atoms with Crippen LogP contribution in [0.25, 0.3) is 10.9 Å². The van der Waals surface area contributed by atoms with Gasteiger partial charge in [0.05, 0.1) is 11.4 Å². The van der Waals surface area contributed by atoms with Crippen molar-refractivity contribution in [1.82, 2.24) is 13.8 Å². The van der Waals surface area contributed by atoms with Gasteiger partial charge in [0.25, 0.3) is 5.92 Å². The Hall–Kier alpha value is -1.51. The van der Waals surface area contributed by atoms with Crippen molar-refractivity contribution in [3.8, 4) is 0 Å². The van der Waals surface area contributed by atoms with E-state index in [1.54, 1.807) is 12.1 Å². The second kappa shape index (κ2) is 6.83. The standard InChI is InChI=1S/C19H25F2N3O2S/c1-22-10-6-16(7-11-22)24-12-5-15-3-4-17(13-18(15)24)27(25,26)23-9-2-8-19(20,21)14-23/h3-5,12-13,16H,2,6-11,14H2,1H3. The summed E-state index contributed by atoms with van der Waals surface area (Å²) in [5.74, 6) is -2.95. The van der Waals surface area contributed by atoms with E-state index in [0.717, 1.165) is 41.1 Å². The topological polar surface area (TPSA) is 45.6 Å². The monoisotopic (exact) mass is 397 g/mol. The minimum Gasteiger partial charge on any atom is -0.344 e. The van der Waals surface area contributed by atoms with Gasteiger partial charge in [-0.15, -0.1) is 0 Å². The molecule has 2 aliphatic rings. The summed E-state index contributed by atoms with van der Waals surface area (Å²) >= 11 is 0. The highest BCUT2D eigenvalue weighted by molar-refractivity contribution is 7.89. The number of aromatic nitrogens is 1. The first kappa shape index (κ1) is 18.8. The summed E-state index contributed by atoms with van der Waals surface area (Å²) in [6.07, 6.45) is 3.95. The summed E-state index contributed by atoms with van der Waals surface area (Å²) in [5, 5.41) is 0.969. The molecule has 1 aromatic heterocycles.